The van der Waals surface area contributed by atoms with E-state index >= 15 is 0 Å². The maximum atomic E-state index is 4.32. The van der Waals surface area contributed by atoms with Crippen molar-refractivity contribution in [3.63, 3.8) is 0 Å². The van der Waals surface area contributed by atoms with Gasteiger partial charge in [-0.15, -0.1) is 0 Å². The molecule has 0 unspecified atom stereocenters. The fraction of sp³-hybridized carbons (Fsp3) is 0.632. The van der Waals surface area contributed by atoms with Crippen molar-refractivity contribution >= 4 is 5.96 Å². The summed E-state index contributed by atoms with van der Waals surface area (Å²) in [4.78, 5) is 6.80. The number of aryl methyl sites for hydroxylation is 2. The Morgan fingerprint density at radius 1 is 1.22 bits per heavy atom. The standard InChI is InChI=1S/C19H32N4/c1-15-9-10-17(16(2)13-15)14-22-19(20-3)21-11-12-23(4)18-7-5-6-8-18/h9-10,13,18H,5-8,11-12,14H2,1-4H3,(H2,20,21,22). The molecule has 0 heterocycles. The summed E-state index contributed by atoms with van der Waals surface area (Å²) in [6.07, 6.45) is 5.50. The summed E-state index contributed by atoms with van der Waals surface area (Å²) in [5.74, 6) is 0.879. The Hall–Kier alpha value is -1.55. The molecule has 0 aromatic heterocycles. The highest BCUT2D eigenvalue weighted by molar-refractivity contribution is 5.79. The van der Waals surface area contributed by atoms with Gasteiger partial charge in [0.15, 0.2) is 5.96 Å². The van der Waals surface area contributed by atoms with Gasteiger partial charge >= 0.3 is 0 Å². The highest BCUT2D eigenvalue weighted by Crippen LogP contribution is 2.21. The molecule has 4 heteroatoms. The van der Waals surface area contributed by atoms with Crippen molar-refractivity contribution in [1.29, 1.82) is 0 Å². The Kier molecular flexibility index (Phi) is 6.90. The molecular weight excluding hydrogens is 284 g/mol. The first-order valence-corrected chi connectivity index (χ1v) is 8.81. The smallest absolute Gasteiger partial charge is 0.191 e. The van der Waals surface area contributed by atoms with Crippen molar-refractivity contribution in [2.75, 3.05) is 27.2 Å². The van der Waals surface area contributed by atoms with Crippen LogP contribution in [0, 0.1) is 13.8 Å². The number of likely N-dealkylation sites (N-methyl/N-ethyl adjacent to an activating group) is 1. The summed E-state index contributed by atoms with van der Waals surface area (Å²) < 4.78 is 0. The first kappa shape index (κ1) is 17.8. The van der Waals surface area contributed by atoms with Crippen LogP contribution in [0.1, 0.15) is 42.4 Å². The fourth-order valence-corrected chi connectivity index (χ4v) is 3.32. The molecule has 2 rings (SSSR count). The number of rotatable bonds is 6. The molecular formula is C19H32N4. The molecule has 4 nitrogen and oxygen atoms in total. The predicted octanol–water partition coefficient (Wildman–Crippen LogP) is 2.84. The van der Waals surface area contributed by atoms with Crippen molar-refractivity contribution in [3.8, 4) is 0 Å². The zero-order chi connectivity index (χ0) is 16.7. The number of nitrogens with zero attached hydrogens (tertiary/aromatic N) is 2. The average Bonchev–Trinajstić information content (AvgIpc) is 3.06. The van der Waals surface area contributed by atoms with E-state index in [0.717, 1.165) is 31.6 Å². The van der Waals surface area contributed by atoms with Gasteiger partial charge in [0.2, 0.25) is 0 Å². The first-order valence-electron chi connectivity index (χ1n) is 8.81. The Morgan fingerprint density at radius 3 is 2.61 bits per heavy atom. The topological polar surface area (TPSA) is 39.7 Å². The van der Waals surface area contributed by atoms with Crippen LogP contribution in [-0.2, 0) is 6.54 Å². The molecule has 0 radical (unpaired) electrons. The van der Waals surface area contributed by atoms with Gasteiger partial charge in [-0.1, -0.05) is 36.6 Å². The van der Waals surface area contributed by atoms with Crippen LogP contribution in [0.15, 0.2) is 23.2 Å². The lowest BCUT2D eigenvalue weighted by molar-refractivity contribution is 0.249. The van der Waals surface area contributed by atoms with Gasteiger partial charge in [-0.2, -0.15) is 0 Å². The van der Waals surface area contributed by atoms with Crippen LogP contribution in [-0.4, -0.2) is 44.1 Å². The number of guanidine groups is 1. The lowest BCUT2D eigenvalue weighted by Crippen LogP contribution is -2.42. The van der Waals surface area contributed by atoms with E-state index in [1.54, 1.807) is 0 Å². The summed E-state index contributed by atoms with van der Waals surface area (Å²) in [6.45, 7) is 7.10. The molecule has 1 aromatic rings. The highest BCUT2D eigenvalue weighted by Gasteiger charge is 2.18. The SMILES string of the molecule is CN=C(NCCN(C)C1CCCC1)NCc1ccc(C)cc1C. The average molecular weight is 316 g/mol. The van der Waals surface area contributed by atoms with Crippen LogP contribution in [0.25, 0.3) is 0 Å². The zero-order valence-corrected chi connectivity index (χ0v) is 15.2. The molecule has 1 saturated carbocycles. The van der Waals surface area contributed by atoms with Gasteiger partial charge in [-0.05, 0) is 44.9 Å². The largest absolute Gasteiger partial charge is 0.355 e. The molecule has 0 saturated heterocycles. The quantitative estimate of drug-likeness (QED) is 0.626. The van der Waals surface area contributed by atoms with Crippen LogP contribution in [0.4, 0.5) is 0 Å². The number of hydrogen-bond donors (Lipinski definition) is 2. The minimum Gasteiger partial charge on any atom is -0.355 e. The lowest BCUT2D eigenvalue weighted by atomic mass is 10.1. The zero-order valence-electron chi connectivity index (χ0n) is 15.2. The molecule has 0 amide bonds. The number of nitrogens with one attached hydrogen (secondary N) is 2. The lowest BCUT2D eigenvalue weighted by Gasteiger charge is -2.24. The second-order valence-electron chi connectivity index (χ2n) is 6.70. The van der Waals surface area contributed by atoms with Gasteiger partial charge in [-0.25, -0.2) is 0 Å². The first-order chi connectivity index (χ1) is 11.1. The van der Waals surface area contributed by atoms with E-state index in [4.69, 9.17) is 0 Å². The summed E-state index contributed by atoms with van der Waals surface area (Å²) in [5, 5.41) is 6.83. The minimum absolute atomic E-state index is 0.780. The van der Waals surface area contributed by atoms with Crippen LogP contribution in [0.5, 0.6) is 0 Å². The Labute approximate surface area is 141 Å². The Morgan fingerprint density at radius 2 is 1.96 bits per heavy atom. The van der Waals surface area contributed by atoms with Gasteiger partial charge in [0.25, 0.3) is 0 Å². The maximum Gasteiger partial charge on any atom is 0.191 e. The highest BCUT2D eigenvalue weighted by atomic mass is 15.2. The van der Waals surface area contributed by atoms with Crippen LogP contribution < -0.4 is 10.6 Å². The summed E-state index contributed by atoms with van der Waals surface area (Å²) in [7, 11) is 4.07. The molecule has 23 heavy (non-hydrogen) atoms. The van der Waals surface area contributed by atoms with E-state index in [0.29, 0.717) is 0 Å². The van der Waals surface area contributed by atoms with Crippen molar-refractivity contribution in [2.45, 2.75) is 52.1 Å². The summed E-state index contributed by atoms with van der Waals surface area (Å²) in [5.41, 5.74) is 3.96. The molecule has 1 fully saturated rings. The van der Waals surface area contributed by atoms with E-state index < -0.39 is 0 Å². The van der Waals surface area contributed by atoms with Gasteiger partial charge in [-0.3, -0.25) is 4.99 Å². The molecule has 1 aliphatic rings. The third-order valence-electron chi connectivity index (χ3n) is 4.87. The predicted molar refractivity (Wildman–Crippen MR) is 99.0 cm³/mol. The second-order valence-corrected chi connectivity index (χ2v) is 6.70. The van der Waals surface area contributed by atoms with Gasteiger partial charge in [0.05, 0.1) is 0 Å². The second kappa shape index (κ2) is 8.92. The van der Waals surface area contributed by atoms with Gasteiger partial charge in [0.1, 0.15) is 0 Å². The minimum atomic E-state index is 0.780. The van der Waals surface area contributed by atoms with Crippen molar-refractivity contribution in [2.24, 2.45) is 4.99 Å². The normalized spacial score (nSPS) is 16.1. The molecule has 1 aromatic carbocycles. The molecule has 0 spiro atoms. The molecule has 0 bridgehead atoms. The molecule has 1 aliphatic carbocycles. The molecule has 128 valence electrons. The summed E-state index contributed by atoms with van der Waals surface area (Å²) >= 11 is 0. The monoisotopic (exact) mass is 316 g/mol. The Bertz CT molecular complexity index is 518. The molecule has 2 N–H and O–H groups in total. The van der Waals surface area contributed by atoms with Crippen LogP contribution in [0.2, 0.25) is 0 Å². The maximum absolute atomic E-state index is 4.32. The third-order valence-corrected chi connectivity index (χ3v) is 4.87. The number of aliphatic imine (C=N–C) groups is 1. The fourth-order valence-electron chi connectivity index (χ4n) is 3.32. The van der Waals surface area contributed by atoms with E-state index in [1.165, 1.54) is 42.4 Å². The van der Waals surface area contributed by atoms with E-state index in [2.05, 4.69) is 59.6 Å². The molecule has 0 aliphatic heterocycles. The van der Waals surface area contributed by atoms with Gasteiger partial charge < -0.3 is 15.5 Å². The third kappa shape index (κ3) is 5.54. The van der Waals surface area contributed by atoms with Crippen LogP contribution >= 0.6 is 0 Å². The number of benzene rings is 1. The van der Waals surface area contributed by atoms with E-state index in [-0.39, 0.29) is 0 Å². The van der Waals surface area contributed by atoms with E-state index in [9.17, 15) is 0 Å². The Balaban J connectivity index is 1.72. The molecule has 0 atom stereocenters. The van der Waals surface area contributed by atoms with Crippen molar-refractivity contribution in [3.05, 3.63) is 34.9 Å². The van der Waals surface area contributed by atoms with Crippen LogP contribution in [0.3, 0.4) is 0 Å². The van der Waals surface area contributed by atoms with Crippen molar-refractivity contribution in [1.82, 2.24) is 15.5 Å². The number of hydrogen-bond acceptors (Lipinski definition) is 2. The van der Waals surface area contributed by atoms with E-state index in [1.807, 2.05) is 7.05 Å². The van der Waals surface area contributed by atoms with Gasteiger partial charge in [0, 0.05) is 32.7 Å². The van der Waals surface area contributed by atoms with Crippen molar-refractivity contribution < 1.29 is 0 Å². The summed E-state index contributed by atoms with van der Waals surface area (Å²) in [6, 6.07) is 7.36.